The van der Waals surface area contributed by atoms with Gasteiger partial charge in [0, 0.05) is 0 Å². The number of hydrogen-bond donors (Lipinski definition) is 2. The Labute approximate surface area is 98.3 Å². The summed E-state index contributed by atoms with van der Waals surface area (Å²) in [5.74, 6) is -0.322. The Kier molecular flexibility index (Phi) is 1.76. The quantitative estimate of drug-likeness (QED) is 0.727. The second kappa shape index (κ2) is 2.97. The molecule has 1 aliphatic rings. The van der Waals surface area contributed by atoms with Crippen LogP contribution in [-0.4, -0.2) is 20.2 Å². The van der Waals surface area contributed by atoms with Gasteiger partial charge in [-0.1, -0.05) is 0 Å². The fourth-order valence-corrected chi connectivity index (χ4v) is 2.10. The lowest BCUT2D eigenvalue weighted by molar-refractivity contribution is 0.440. The molecule has 2 aromatic rings. The van der Waals surface area contributed by atoms with Crippen LogP contribution in [0.3, 0.4) is 0 Å². The molecule has 1 aromatic carbocycles. The van der Waals surface area contributed by atoms with E-state index in [0.29, 0.717) is 11.4 Å². The van der Waals surface area contributed by atoms with Gasteiger partial charge in [-0.15, -0.1) is 0 Å². The van der Waals surface area contributed by atoms with Crippen LogP contribution in [0.5, 0.6) is 0 Å². The minimum absolute atomic E-state index is 0.160. The lowest BCUT2D eigenvalue weighted by Gasteiger charge is -2.18. The van der Waals surface area contributed by atoms with Gasteiger partial charge < -0.3 is 10.2 Å². The summed E-state index contributed by atoms with van der Waals surface area (Å²) in [5, 5.41) is 18.9. The third-order valence-corrected chi connectivity index (χ3v) is 3.46. The van der Waals surface area contributed by atoms with Gasteiger partial charge in [0.25, 0.3) is 0 Å². The number of benzene rings is 1. The zero-order chi connectivity index (χ0) is 12.3. The molecule has 1 heterocycles. The van der Waals surface area contributed by atoms with Gasteiger partial charge in [-0.05, 0) is 43.5 Å². The molecule has 1 aromatic heterocycles. The zero-order valence-electron chi connectivity index (χ0n) is 9.87. The van der Waals surface area contributed by atoms with E-state index in [1.54, 1.807) is 0 Å². The first-order valence-electron chi connectivity index (χ1n) is 5.42. The highest BCUT2D eigenvalue weighted by Crippen LogP contribution is 2.36. The summed E-state index contributed by atoms with van der Waals surface area (Å²) in [4.78, 5) is 8.69. The lowest BCUT2D eigenvalue weighted by Crippen LogP contribution is -2.12. The van der Waals surface area contributed by atoms with E-state index in [-0.39, 0.29) is 11.5 Å². The fourth-order valence-electron chi connectivity index (χ4n) is 2.10. The molecule has 17 heavy (non-hydrogen) atoms. The second-order valence-corrected chi connectivity index (χ2v) is 4.43. The normalized spacial score (nSPS) is 13.8. The number of aromatic nitrogens is 2. The van der Waals surface area contributed by atoms with Crippen LogP contribution in [0.1, 0.15) is 28.1 Å². The molecule has 4 nitrogen and oxygen atoms in total. The van der Waals surface area contributed by atoms with E-state index in [1.807, 2.05) is 26.8 Å². The SMILES string of the molecule is Cc1cc2nc3c(nc2c(C)c1C)C(O)=C3O. The minimum Gasteiger partial charge on any atom is -0.503 e. The number of aliphatic hydroxyl groups excluding tert-OH is 2. The number of fused-ring (bicyclic) bond motifs is 2. The number of aryl methyl sites for hydroxylation is 2. The number of aliphatic hydroxyl groups is 2. The van der Waals surface area contributed by atoms with E-state index < -0.39 is 0 Å². The molecule has 0 saturated heterocycles. The fraction of sp³-hybridized carbons (Fsp3) is 0.231. The Morgan fingerprint density at radius 1 is 0.882 bits per heavy atom. The van der Waals surface area contributed by atoms with E-state index >= 15 is 0 Å². The molecule has 1 aliphatic carbocycles. The molecule has 4 heteroatoms. The average Bonchev–Trinajstić information content (AvgIpc) is 2.34. The molecule has 0 atom stereocenters. The van der Waals surface area contributed by atoms with Crippen LogP contribution in [0.2, 0.25) is 0 Å². The van der Waals surface area contributed by atoms with Crippen molar-refractivity contribution in [2.45, 2.75) is 20.8 Å². The molecule has 0 fully saturated rings. The Bertz CT molecular complexity index is 702. The van der Waals surface area contributed by atoms with Crippen LogP contribution in [-0.2, 0) is 0 Å². The maximum absolute atomic E-state index is 9.47. The molecule has 3 rings (SSSR count). The van der Waals surface area contributed by atoms with Crippen LogP contribution in [0.15, 0.2) is 6.07 Å². The molecule has 0 bridgehead atoms. The summed E-state index contributed by atoms with van der Waals surface area (Å²) >= 11 is 0. The first-order valence-corrected chi connectivity index (χ1v) is 5.42. The number of rotatable bonds is 0. The highest BCUT2D eigenvalue weighted by Gasteiger charge is 2.30. The van der Waals surface area contributed by atoms with Crippen molar-refractivity contribution in [3.63, 3.8) is 0 Å². The molecule has 0 saturated carbocycles. The van der Waals surface area contributed by atoms with Crippen molar-refractivity contribution in [1.82, 2.24) is 9.97 Å². The summed E-state index contributed by atoms with van der Waals surface area (Å²) in [6.07, 6.45) is 0. The van der Waals surface area contributed by atoms with E-state index in [4.69, 9.17) is 0 Å². The third kappa shape index (κ3) is 1.12. The van der Waals surface area contributed by atoms with Gasteiger partial charge in [-0.25, -0.2) is 9.97 Å². The number of hydrogen-bond acceptors (Lipinski definition) is 4. The monoisotopic (exact) mass is 228 g/mol. The summed E-state index contributed by atoms with van der Waals surface area (Å²) in [6.45, 7) is 6.05. The van der Waals surface area contributed by atoms with Crippen molar-refractivity contribution in [2.75, 3.05) is 0 Å². The van der Waals surface area contributed by atoms with E-state index in [2.05, 4.69) is 9.97 Å². The first kappa shape index (κ1) is 10.1. The van der Waals surface area contributed by atoms with E-state index in [0.717, 1.165) is 22.2 Å². The molecular formula is C13H12N2O2. The first-order chi connectivity index (χ1) is 8.00. The molecule has 0 unspecified atom stereocenters. The summed E-state index contributed by atoms with van der Waals surface area (Å²) in [7, 11) is 0. The maximum Gasteiger partial charge on any atom is 0.188 e. The number of nitrogens with zero attached hydrogens (tertiary/aromatic N) is 2. The van der Waals surface area contributed by atoms with E-state index in [9.17, 15) is 10.2 Å². The van der Waals surface area contributed by atoms with Crippen molar-refractivity contribution >= 4 is 22.6 Å². The maximum atomic E-state index is 9.47. The Hall–Kier alpha value is -2.10. The second-order valence-electron chi connectivity index (χ2n) is 4.43. The van der Waals surface area contributed by atoms with Gasteiger partial charge >= 0.3 is 0 Å². The van der Waals surface area contributed by atoms with Gasteiger partial charge in [0.05, 0.1) is 11.0 Å². The van der Waals surface area contributed by atoms with Gasteiger partial charge in [0.15, 0.2) is 11.5 Å². The molecule has 0 radical (unpaired) electrons. The average molecular weight is 228 g/mol. The zero-order valence-corrected chi connectivity index (χ0v) is 9.87. The van der Waals surface area contributed by atoms with Gasteiger partial charge in [0.1, 0.15) is 11.4 Å². The predicted molar refractivity (Wildman–Crippen MR) is 65.8 cm³/mol. The highest BCUT2D eigenvalue weighted by molar-refractivity contribution is 5.96. The topological polar surface area (TPSA) is 66.2 Å². The summed E-state index contributed by atoms with van der Waals surface area (Å²) < 4.78 is 0. The van der Waals surface area contributed by atoms with Gasteiger partial charge in [0.2, 0.25) is 0 Å². The molecule has 2 N–H and O–H groups in total. The van der Waals surface area contributed by atoms with Crippen molar-refractivity contribution in [3.05, 3.63) is 34.1 Å². The van der Waals surface area contributed by atoms with Crippen molar-refractivity contribution in [1.29, 1.82) is 0 Å². The third-order valence-electron chi connectivity index (χ3n) is 3.46. The standard InChI is InChI=1S/C13H12N2O2/c1-5-4-8-9(7(3)6(5)2)15-11-10(14-8)12(16)13(11)17/h4,16-17H,1-3H3. The highest BCUT2D eigenvalue weighted by atomic mass is 16.3. The molecule has 0 spiro atoms. The van der Waals surface area contributed by atoms with Crippen LogP contribution in [0, 0.1) is 20.8 Å². The minimum atomic E-state index is -0.162. The van der Waals surface area contributed by atoms with Crippen LogP contribution < -0.4 is 0 Å². The van der Waals surface area contributed by atoms with E-state index in [1.165, 1.54) is 5.56 Å². The van der Waals surface area contributed by atoms with Crippen LogP contribution in [0.4, 0.5) is 0 Å². The smallest absolute Gasteiger partial charge is 0.188 e. The summed E-state index contributed by atoms with van der Waals surface area (Å²) in [6, 6.07) is 1.95. The van der Waals surface area contributed by atoms with Crippen LogP contribution >= 0.6 is 0 Å². The molecule has 86 valence electrons. The molecule has 0 amide bonds. The summed E-state index contributed by atoms with van der Waals surface area (Å²) in [5.41, 5.74) is 5.71. The van der Waals surface area contributed by atoms with Gasteiger partial charge in [-0.2, -0.15) is 0 Å². The van der Waals surface area contributed by atoms with Gasteiger partial charge in [-0.3, -0.25) is 0 Å². The van der Waals surface area contributed by atoms with Crippen molar-refractivity contribution in [3.8, 4) is 0 Å². The molecule has 0 aliphatic heterocycles. The lowest BCUT2D eigenvalue weighted by atomic mass is 10.00. The predicted octanol–water partition coefficient (Wildman–Crippen LogP) is 2.81. The Morgan fingerprint density at radius 3 is 2.12 bits per heavy atom. The van der Waals surface area contributed by atoms with Crippen LogP contribution in [0.25, 0.3) is 22.6 Å². The Balaban J connectivity index is 2.40. The Morgan fingerprint density at radius 2 is 1.47 bits per heavy atom. The van der Waals surface area contributed by atoms with Crippen molar-refractivity contribution in [2.24, 2.45) is 0 Å². The largest absolute Gasteiger partial charge is 0.503 e. The van der Waals surface area contributed by atoms with Crippen molar-refractivity contribution < 1.29 is 10.2 Å². The molecular weight excluding hydrogens is 216 g/mol.